The van der Waals surface area contributed by atoms with Crippen molar-refractivity contribution >= 4 is 0 Å². The lowest BCUT2D eigenvalue weighted by molar-refractivity contribution is 0.133. The molecular weight excluding hydrogens is 292 g/mol. The van der Waals surface area contributed by atoms with E-state index in [0.29, 0.717) is 24.8 Å². The lowest BCUT2D eigenvalue weighted by atomic mass is 9.64. The normalized spacial score (nSPS) is 37.8. The highest BCUT2D eigenvalue weighted by atomic mass is 19.1. The summed E-state index contributed by atoms with van der Waals surface area (Å²) in [5, 5.41) is 8.82. The number of fused-ring (bicyclic) bond motifs is 1. The Morgan fingerprint density at radius 1 is 1.22 bits per heavy atom. The average Bonchev–Trinajstić information content (AvgIpc) is 2.57. The predicted molar refractivity (Wildman–Crippen MR) is 86.8 cm³/mol. The summed E-state index contributed by atoms with van der Waals surface area (Å²) in [7, 11) is 0. The van der Waals surface area contributed by atoms with Gasteiger partial charge in [-0.15, -0.1) is 0 Å². The number of benzene rings is 1. The molecule has 0 bridgehead atoms. The van der Waals surface area contributed by atoms with Crippen LogP contribution in [0.25, 0.3) is 0 Å². The summed E-state index contributed by atoms with van der Waals surface area (Å²) in [4.78, 5) is 0. The van der Waals surface area contributed by atoms with Gasteiger partial charge in [0.2, 0.25) is 0 Å². The minimum atomic E-state index is -1.67. The van der Waals surface area contributed by atoms with E-state index in [9.17, 15) is 8.78 Å². The molecule has 0 N–H and O–H groups in total. The fraction of sp³-hybridized carbons (Fsp3) is 0.550. The molecule has 2 fully saturated rings. The zero-order valence-corrected chi connectivity index (χ0v) is 13.2. The Balaban J connectivity index is 1.88. The topological polar surface area (TPSA) is 23.8 Å². The predicted octanol–water partition coefficient (Wildman–Crippen LogP) is 5.71. The molecule has 0 saturated heterocycles. The largest absolute Gasteiger partial charge is 0.205 e. The molecule has 0 spiro atoms. The second-order valence-electron chi connectivity index (χ2n) is 6.43. The molecule has 2 saturated carbocycles. The lowest BCUT2D eigenvalue weighted by Crippen LogP contribution is -2.30. The van der Waals surface area contributed by atoms with Crippen molar-refractivity contribution in [3.63, 3.8) is 0 Å². The van der Waals surface area contributed by atoms with Gasteiger partial charge in [0.25, 0.3) is 0 Å². The Kier molecular flexibility index (Phi) is 3.50. The van der Waals surface area contributed by atoms with Crippen LogP contribution >= 0.6 is 0 Å². The van der Waals surface area contributed by atoms with Gasteiger partial charge in [-0.2, -0.15) is 5.26 Å². The van der Waals surface area contributed by atoms with E-state index in [1.165, 1.54) is 18.2 Å². The summed E-state index contributed by atoms with van der Waals surface area (Å²) in [6.07, 6.45) is 1.89. The van der Waals surface area contributed by atoms with E-state index in [4.69, 9.17) is 10.7 Å². The maximum Gasteiger partial charge on any atom is 0.144 e. The molecule has 0 aliphatic heterocycles. The maximum absolute atomic E-state index is 14.0. The highest BCUT2D eigenvalue weighted by Gasteiger charge is 2.35. The van der Waals surface area contributed by atoms with Crippen molar-refractivity contribution < 1.29 is 14.3 Å². The van der Waals surface area contributed by atoms with Gasteiger partial charge in [-0.3, -0.25) is 0 Å². The molecule has 1 nitrogen and oxygen atoms in total. The van der Waals surface area contributed by atoms with Crippen molar-refractivity contribution in [3.05, 3.63) is 47.0 Å². The standard InChI is InChI=1S/C20H23F2N/c1-2-3-13-4-5-15-9-16(7-6-14(15)8-13)17-10-19(21)18(12-23)20(22)11-17/h2-3,10-11,13-16H,4-9H2,1H3/b3-2+/i4D2,8D2. The molecule has 0 radical (unpaired) electrons. The Hall–Kier alpha value is -1.69. The van der Waals surface area contributed by atoms with Crippen molar-refractivity contribution in [2.24, 2.45) is 17.8 Å². The zero-order valence-electron chi connectivity index (χ0n) is 17.2. The SMILES string of the molecule is [2H]C1([2H])CC2CC(c3cc(F)c(C#N)c(F)c3)CCC2C([2H])([2H])C1/C=C/C. The molecule has 1 aromatic carbocycles. The molecular formula is C20H23F2N. The Bertz CT molecular complexity index is 777. The van der Waals surface area contributed by atoms with Crippen LogP contribution in [0, 0.1) is 40.7 Å². The molecule has 4 unspecified atom stereocenters. The Morgan fingerprint density at radius 2 is 1.96 bits per heavy atom. The Labute approximate surface area is 142 Å². The van der Waals surface area contributed by atoms with Gasteiger partial charge in [-0.1, -0.05) is 12.2 Å². The number of halogens is 2. The molecule has 3 rings (SSSR count). The van der Waals surface area contributed by atoms with E-state index in [-0.39, 0.29) is 24.2 Å². The fourth-order valence-electron chi connectivity index (χ4n) is 3.83. The van der Waals surface area contributed by atoms with Gasteiger partial charge >= 0.3 is 0 Å². The van der Waals surface area contributed by atoms with Gasteiger partial charge in [0, 0.05) is 5.48 Å². The van der Waals surface area contributed by atoms with Gasteiger partial charge in [-0.25, -0.2) is 8.78 Å². The highest BCUT2D eigenvalue weighted by molar-refractivity contribution is 5.36. The third-order valence-electron chi connectivity index (χ3n) is 5.01. The third-order valence-corrected chi connectivity index (χ3v) is 5.01. The van der Waals surface area contributed by atoms with Crippen LogP contribution < -0.4 is 0 Å². The van der Waals surface area contributed by atoms with Crippen LogP contribution in [0.4, 0.5) is 8.78 Å². The van der Waals surface area contributed by atoms with E-state index in [1.54, 1.807) is 19.1 Å². The molecule has 0 amide bonds. The Morgan fingerprint density at radius 3 is 2.61 bits per heavy atom. The first kappa shape index (κ1) is 11.8. The van der Waals surface area contributed by atoms with Crippen molar-refractivity contribution in [2.45, 2.75) is 51.3 Å². The van der Waals surface area contributed by atoms with Crippen LogP contribution in [0.5, 0.6) is 0 Å². The molecule has 1 aromatic rings. The zero-order chi connectivity index (χ0) is 20.0. The maximum atomic E-state index is 14.0. The molecule has 4 atom stereocenters. The van der Waals surface area contributed by atoms with Crippen LogP contribution in [-0.4, -0.2) is 0 Å². The third kappa shape index (κ3) is 3.32. The number of allylic oxidation sites excluding steroid dienone is 2. The second-order valence-corrected chi connectivity index (χ2v) is 6.43. The number of rotatable bonds is 2. The number of nitriles is 1. The smallest absolute Gasteiger partial charge is 0.144 e. The quantitative estimate of drug-likeness (QED) is 0.640. The number of hydrogen-bond donors (Lipinski definition) is 0. The van der Waals surface area contributed by atoms with Crippen molar-refractivity contribution in [2.75, 3.05) is 0 Å². The van der Waals surface area contributed by atoms with E-state index < -0.39 is 35.9 Å². The molecule has 2 aliphatic carbocycles. The summed E-state index contributed by atoms with van der Waals surface area (Å²) in [6.45, 7) is 1.77. The average molecular weight is 319 g/mol. The molecule has 0 aromatic heterocycles. The fourth-order valence-corrected chi connectivity index (χ4v) is 3.83. The second kappa shape index (κ2) is 6.83. The van der Waals surface area contributed by atoms with Gasteiger partial charge in [-0.05, 0) is 86.7 Å². The lowest BCUT2D eigenvalue weighted by Gasteiger charge is -2.41. The highest BCUT2D eigenvalue weighted by Crippen LogP contribution is 2.48. The van der Waals surface area contributed by atoms with E-state index in [2.05, 4.69) is 0 Å². The first-order valence-electron chi connectivity index (χ1n) is 10.1. The summed E-state index contributed by atoms with van der Waals surface area (Å²) >= 11 is 0. The van der Waals surface area contributed by atoms with Crippen LogP contribution in [0.3, 0.4) is 0 Å². The summed E-state index contributed by atoms with van der Waals surface area (Å²) in [6, 6.07) is 3.91. The summed E-state index contributed by atoms with van der Waals surface area (Å²) in [5.41, 5.74) is -0.119. The monoisotopic (exact) mass is 319 g/mol. The first-order valence-corrected chi connectivity index (χ1v) is 8.13. The van der Waals surface area contributed by atoms with Gasteiger partial charge in [0.1, 0.15) is 23.3 Å². The first-order chi connectivity index (χ1) is 12.6. The van der Waals surface area contributed by atoms with Gasteiger partial charge in [0.05, 0.1) is 0 Å². The van der Waals surface area contributed by atoms with E-state index >= 15 is 0 Å². The minimum absolute atomic E-state index is 0.159. The van der Waals surface area contributed by atoms with Crippen molar-refractivity contribution in [1.29, 1.82) is 5.26 Å². The van der Waals surface area contributed by atoms with Crippen LogP contribution in [0.2, 0.25) is 0 Å². The molecule has 0 heterocycles. The molecule has 2 aliphatic rings. The van der Waals surface area contributed by atoms with E-state index in [1.807, 2.05) is 0 Å². The van der Waals surface area contributed by atoms with Crippen LogP contribution in [-0.2, 0) is 0 Å². The van der Waals surface area contributed by atoms with Crippen molar-refractivity contribution in [3.8, 4) is 6.07 Å². The summed E-state index contributed by atoms with van der Waals surface area (Å²) < 4.78 is 61.9. The van der Waals surface area contributed by atoms with Gasteiger partial charge in [0.15, 0.2) is 0 Å². The number of nitrogens with zero attached hydrogens (tertiary/aromatic N) is 1. The van der Waals surface area contributed by atoms with Gasteiger partial charge < -0.3 is 0 Å². The number of hydrogen-bond acceptors (Lipinski definition) is 1. The van der Waals surface area contributed by atoms with Crippen molar-refractivity contribution in [1.82, 2.24) is 0 Å². The molecule has 3 heteroatoms. The van der Waals surface area contributed by atoms with Crippen LogP contribution in [0.1, 0.15) is 67.9 Å². The molecule has 122 valence electrons. The summed E-state index contributed by atoms with van der Waals surface area (Å²) in [5.74, 6) is -3.16. The molecule has 23 heavy (non-hydrogen) atoms. The van der Waals surface area contributed by atoms with E-state index in [0.717, 1.165) is 0 Å². The minimum Gasteiger partial charge on any atom is -0.205 e. The van der Waals surface area contributed by atoms with Crippen LogP contribution in [0.15, 0.2) is 24.3 Å².